The van der Waals surface area contributed by atoms with E-state index in [1.165, 1.54) is 12.8 Å². The number of rotatable bonds is 5. The summed E-state index contributed by atoms with van der Waals surface area (Å²) in [5.41, 5.74) is -0.424. The third kappa shape index (κ3) is 3.04. The van der Waals surface area contributed by atoms with Crippen molar-refractivity contribution < 1.29 is 8.78 Å². The number of H-pyrrole nitrogens is 1. The molecule has 0 aromatic carbocycles. The van der Waals surface area contributed by atoms with Crippen molar-refractivity contribution in [2.45, 2.75) is 44.6 Å². The maximum Gasteiger partial charge on any atom is 0.271 e. The third-order valence-corrected chi connectivity index (χ3v) is 7.99. The molecule has 2 atom stereocenters. The number of anilines is 1. The largest absolute Gasteiger partial charge is 0.366 e. The van der Waals surface area contributed by atoms with Gasteiger partial charge in [0.2, 0.25) is 0 Å². The number of hydrogen-bond donors (Lipinski definition) is 2. The number of aromatic amines is 1. The van der Waals surface area contributed by atoms with Gasteiger partial charge in [-0.3, -0.25) is 18.4 Å². The average Bonchev–Trinajstić information content (AvgIpc) is 3.65. The minimum Gasteiger partial charge on any atom is -0.366 e. The Labute approximate surface area is 181 Å². The van der Waals surface area contributed by atoms with Gasteiger partial charge < -0.3 is 10.2 Å². The molecule has 2 aliphatic carbocycles. The van der Waals surface area contributed by atoms with Crippen LogP contribution in [0.5, 0.6) is 0 Å². The lowest BCUT2D eigenvalue weighted by atomic mass is 9.98. The molecule has 3 aromatic rings. The summed E-state index contributed by atoms with van der Waals surface area (Å²) in [4.78, 5) is 27.0. The maximum absolute atomic E-state index is 16.0. The van der Waals surface area contributed by atoms with Crippen LogP contribution in [0.15, 0.2) is 15.8 Å². The molecule has 1 aliphatic heterocycles. The van der Waals surface area contributed by atoms with Crippen LogP contribution in [0.4, 0.5) is 14.5 Å². The predicted octanol–water partition coefficient (Wildman–Crippen LogP) is 3.18. The molecule has 31 heavy (non-hydrogen) atoms. The van der Waals surface area contributed by atoms with E-state index in [0.29, 0.717) is 41.2 Å². The van der Waals surface area contributed by atoms with Crippen LogP contribution >= 0.6 is 11.5 Å². The molecular formula is C22H24F2N4O2S. The molecule has 0 unspecified atom stereocenters. The molecule has 0 amide bonds. The Morgan fingerprint density at radius 1 is 1.19 bits per heavy atom. The first kappa shape index (κ1) is 19.4. The normalized spacial score (nSPS) is 24.0. The zero-order valence-corrected chi connectivity index (χ0v) is 18.0. The Hall–Kier alpha value is -2.26. The first-order valence-electron chi connectivity index (χ1n) is 11.0. The molecule has 3 aromatic heterocycles. The SMILES string of the molecule is C[C@H]1CN(c2c(F)cn3c(=O)c4c(=O)[nH]sc4c(C4CC4)c3c2F)C[C@@H]1CNC1CC1. The maximum atomic E-state index is 16.0. The topological polar surface area (TPSA) is 69.6 Å². The zero-order chi connectivity index (χ0) is 21.4. The van der Waals surface area contributed by atoms with Crippen LogP contribution < -0.4 is 21.3 Å². The molecule has 2 N–H and O–H groups in total. The van der Waals surface area contributed by atoms with Gasteiger partial charge >= 0.3 is 0 Å². The molecule has 0 radical (unpaired) electrons. The highest BCUT2D eigenvalue weighted by Gasteiger charge is 2.37. The Bertz CT molecular complexity index is 1320. The molecular weight excluding hydrogens is 422 g/mol. The van der Waals surface area contributed by atoms with E-state index in [-0.39, 0.29) is 22.5 Å². The molecule has 164 valence electrons. The fourth-order valence-electron chi connectivity index (χ4n) is 5.01. The number of nitrogens with zero attached hydrogens (tertiary/aromatic N) is 2. The second kappa shape index (κ2) is 6.87. The van der Waals surface area contributed by atoms with Gasteiger partial charge in [-0.05, 0) is 43.4 Å². The molecule has 1 saturated heterocycles. The quantitative estimate of drug-likeness (QED) is 0.632. The summed E-state index contributed by atoms with van der Waals surface area (Å²) in [5.74, 6) is -0.736. The molecule has 9 heteroatoms. The van der Waals surface area contributed by atoms with E-state index in [9.17, 15) is 9.59 Å². The second-order valence-corrected chi connectivity index (χ2v) is 10.2. The molecule has 2 saturated carbocycles. The zero-order valence-electron chi connectivity index (χ0n) is 17.2. The second-order valence-electron chi connectivity index (χ2n) is 9.41. The summed E-state index contributed by atoms with van der Waals surface area (Å²) >= 11 is 1.07. The Morgan fingerprint density at radius 2 is 1.97 bits per heavy atom. The van der Waals surface area contributed by atoms with Crippen LogP contribution in [-0.4, -0.2) is 34.5 Å². The highest BCUT2D eigenvalue weighted by Crippen LogP contribution is 2.46. The van der Waals surface area contributed by atoms with E-state index in [1.54, 1.807) is 4.90 Å². The van der Waals surface area contributed by atoms with Gasteiger partial charge in [0.15, 0.2) is 11.6 Å². The standard InChI is InChI=1S/C22H24F2N4O2S/c1-10-7-27(8-12(10)6-25-13-4-5-13)18-14(23)9-28-19(17(18)24)15(11-2-3-11)20-16(22(28)30)21(29)26-31-20/h9-13,25H,2-8H2,1H3,(H,26,29)/t10-,12-/m0/s1. The van der Waals surface area contributed by atoms with Crippen molar-refractivity contribution in [3.8, 4) is 0 Å². The highest BCUT2D eigenvalue weighted by atomic mass is 32.1. The summed E-state index contributed by atoms with van der Waals surface area (Å²) in [6, 6.07) is 0.597. The van der Waals surface area contributed by atoms with Crippen LogP contribution in [0.2, 0.25) is 0 Å². The van der Waals surface area contributed by atoms with E-state index in [4.69, 9.17) is 0 Å². The fraction of sp³-hybridized carbons (Fsp3) is 0.545. The Morgan fingerprint density at radius 3 is 2.68 bits per heavy atom. The van der Waals surface area contributed by atoms with E-state index in [1.807, 2.05) is 0 Å². The van der Waals surface area contributed by atoms with E-state index < -0.39 is 22.8 Å². The van der Waals surface area contributed by atoms with Gasteiger partial charge in [-0.25, -0.2) is 8.78 Å². The first-order chi connectivity index (χ1) is 14.9. The fourth-order valence-corrected chi connectivity index (χ4v) is 5.97. The molecule has 0 spiro atoms. The van der Waals surface area contributed by atoms with Crippen LogP contribution in [0.1, 0.15) is 44.1 Å². The van der Waals surface area contributed by atoms with Gasteiger partial charge in [0, 0.05) is 31.2 Å². The van der Waals surface area contributed by atoms with Crippen LogP contribution in [-0.2, 0) is 0 Å². The molecule has 3 fully saturated rings. The smallest absolute Gasteiger partial charge is 0.271 e. The molecule has 6 nitrogen and oxygen atoms in total. The van der Waals surface area contributed by atoms with Gasteiger partial charge in [-0.1, -0.05) is 18.5 Å². The van der Waals surface area contributed by atoms with E-state index >= 15 is 8.78 Å². The van der Waals surface area contributed by atoms with Crippen LogP contribution in [0.25, 0.3) is 15.6 Å². The van der Waals surface area contributed by atoms with Crippen molar-refractivity contribution in [2.24, 2.45) is 11.8 Å². The van der Waals surface area contributed by atoms with Crippen molar-refractivity contribution in [1.29, 1.82) is 0 Å². The van der Waals surface area contributed by atoms with Crippen LogP contribution in [0, 0.1) is 23.5 Å². The number of fused-ring (bicyclic) bond motifs is 2. The lowest BCUT2D eigenvalue weighted by Gasteiger charge is -2.22. The van der Waals surface area contributed by atoms with Gasteiger partial charge in [-0.15, -0.1) is 0 Å². The van der Waals surface area contributed by atoms with Crippen molar-refractivity contribution in [3.05, 3.63) is 44.1 Å². The number of pyridine rings is 2. The number of nitrogens with one attached hydrogen (secondary N) is 2. The van der Waals surface area contributed by atoms with Crippen molar-refractivity contribution in [3.63, 3.8) is 0 Å². The molecule has 0 bridgehead atoms. The summed E-state index contributed by atoms with van der Waals surface area (Å²) in [6.45, 7) is 4.12. The summed E-state index contributed by atoms with van der Waals surface area (Å²) in [5, 5.41) is 3.53. The number of halogens is 2. The Kier molecular flexibility index (Phi) is 4.30. The van der Waals surface area contributed by atoms with Crippen molar-refractivity contribution in [2.75, 3.05) is 24.5 Å². The van der Waals surface area contributed by atoms with Gasteiger partial charge in [-0.2, -0.15) is 0 Å². The summed E-state index contributed by atoms with van der Waals surface area (Å²) in [6.07, 6.45) is 5.22. The van der Waals surface area contributed by atoms with E-state index in [2.05, 4.69) is 16.6 Å². The van der Waals surface area contributed by atoms with Crippen molar-refractivity contribution >= 4 is 32.8 Å². The average molecular weight is 447 g/mol. The lowest BCUT2D eigenvalue weighted by molar-refractivity contribution is 0.419. The van der Waals surface area contributed by atoms with E-state index in [0.717, 1.165) is 41.5 Å². The van der Waals surface area contributed by atoms with Crippen LogP contribution in [0.3, 0.4) is 0 Å². The molecule has 4 heterocycles. The minimum atomic E-state index is -0.761. The third-order valence-electron chi connectivity index (χ3n) is 7.07. The molecule has 3 aliphatic rings. The van der Waals surface area contributed by atoms with Gasteiger partial charge in [0.25, 0.3) is 11.1 Å². The first-order valence-corrected chi connectivity index (χ1v) is 11.8. The van der Waals surface area contributed by atoms with Gasteiger partial charge in [0.05, 0.1) is 16.4 Å². The number of hydrogen-bond acceptors (Lipinski definition) is 5. The van der Waals surface area contributed by atoms with Crippen molar-refractivity contribution in [1.82, 2.24) is 14.1 Å². The van der Waals surface area contributed by atoms with Gasteiger partial charge in [0.1, 0.15) is 11.1 Å². The summed E-state index contributed by atoms with van der Waals surface area (Å²) in [7, 11) is 0. The lowest BCUT2D eigenvalue weighted by Crippen LogP contribution is -2.30. The molecule has 6 rings (SSSR count). The minimum absolute atomic E-state index is 0.00282. The summed E-state index contributed by atoms with van der Waals surface area (Å²) < 4.78 is 35.3. The predicted molar refractivity (Wildman–Crippen MR) is 117 cm³/mol. The highest BCUT2D eigenvalue weighted by molar-refractivity contribution is 7.13. The number of aromatic nitrogens is 2. The monoisotopic (exact) mass is 446 g/mol. The Balaban J connectivity index is 1.50.